The van der Waals surface area contributed by atoms with Crippen molar-refractivity contribution in [2.45, 2.75) is 6.42 Å². The number of hydrogen-bond acceptors (Lipinski definition) is 4. The summed E-state index contributed by atoms with van der Waals surface area (Å²) >= 11 is 0. The summed E-state index contributed by atoms with van der Waals surface area (Å²) in [5, 5.41) is 12.8. The number of H-pyrrole nitrogens is 1. The van der Waals surface area contributed by atoms with Crippen molar-refractivity contribution >= 4 is 44.5 Å². The molecule has 33 heavy (non-hydrogen) atoms. The minimum absolute atomic E-state index is 0.139. The molecule has 0 radical (unpaired) electrons. The number of aliphatic carboxylic acids is 1. The van der Waals surface area contributed by atoms with Crippen LogP contribution in [0.3, 0.4) is 0 Å². The molecule has 0 bridgehead atoms. The normalized spacial score (nSPS) is 11.3. The maximum Gasteiger partial charge on any atom is 0.349 e. The van der Waals surface area contributed by atoms with Crippen LogP contribution in [0.1, 0.15) is 15.9 Å². The van der Waals surface area contributed by atoms with Crippen molar-refractivity contribution in [3.05, 3.63) is 94.5 Å². The van der Waals surface area contributed by atoms with E-state index in [2.05, 4.69) is 4.98 Å². The molecule has 7 heteroatoms. The summed E-state index contributed by atoms with van der Waals surface area (Å²) in [6.45, 7) is -0.381. The first kappa shape index (κ1) is 20.5. The lowest BCUT2D eigenvalue weighted by atomic mass is 10.0. The van der Waals surface area contributed by atoms with E-state index in [1.807, 2.05) is 60.8 Å². The first-order chi connectivity index (χ1) is 16.0. The lowest BCUT2D eigenvalue weighted by Crippen LogP contribution is -2.39. The molecule has 0 atom stereocenters. The van der Waals surface area contributed by atoms with E-state index in [1.54, 1.807) is 6.07 Å². The molecule has 0 saturated carbocycles. The van der Waals surface area contributed by atoms with E-state index in [-0.39, 0.29) is 12.1 Å². The van der Waals surface area contributed by atoms with E-state index >= 15 is 0 Å². The SMILES string of the molecule is O=C(O)CN(CCc1c[nH]c2ccccc12)C(=O)c1cc2c(ccc3ccccc32)oc1=O. The summed E-state index contributed by atoms with van der Waals surface area (Å²) in [6.07, 6.45) is 2.29. The van der Waals surface area contributed by atoms with E-state index in [1.165, 1.54) is 11.0 Å². The average molecular weight is 440 g/mol. The van der Waals surface area contributed by atoms with Crippen molar-refractivity contribution in [1.29, 1.82) is 0 Å². The molecule has 1 amide bonds. The first-order valence-corrected chi connectivity index (χ1v) is 10.5. The summed E-state index contributed by atoms with van der Waals surface area (Å²) in [5.74, 6) is -1.82. The number of benzene rings is 3. The minimum Gasteiger partial charge on any atom is -0.480 e. The predicted molar refractivity (Wildman–Crippen MR) is 126 cm³/mol. The molecule has 3 aromatic carbocycles. The van der Waals surface area contributed by atoms with Crippen LogP contribution >= 0.6 is 0 Å². The zero-order valence-corrected chi connectivity index (χ0v) is 17.6. The van der Waals surface area contributed by atoms with Gasteiger partial charge < -0.3 is 19.4 Å². The molecule has 0 aliphatic heterocycles. The molecular formula is C26H20N2O5. The fraction of sp³-hybridized carbons (Fsp3) is 0.115. The van der Waals surface area contributed by atoms with Gasteiger partial charge in [-0.15, -0.1) is 0 Å². The Labute approximate surface area is 187 Å². The first-order valence-electron chi connectivity index (χ1n) is 10.5. The summed E-state index contributed by atoms with van der Waals surface area (Å²) in [7, 11) is 0. The Kier molecular flexibility index (Phi) is 5.14. The third-order valence-corrected chi connectivity index (χ3v) is 5.81. The molecule has 164 valence electrons. The molecule has 7 nitrogen and oxygen atoms in total. The molecule has 2 heterocycles. The van der Waals surface area contributed by atoms with Crippen molar-refractivity contribution in [3.8, 4) is 0 Å². The van der Waals surface area contributed by atoms with Gasteiger partial charge in [0.05, 0.1) is 0 Å². The summed E-state index contributed by atoms with van der Waals surface area (Å²) in [6, 6.07) is 20.4. The van der Waals surface area contributed by atoms with E-state index in [9.17, 15) is 19.5 Å². The summed E-state index contributed by atoms with van der Waals surface area (Å²) < 4.78 is 5.43. The number of nitrogens with one attached hydrogen (secondary N) is 1. The molecule has 0 aliphatic rings. The van der Waals surface area contributed by atoms with Crippen LogP contribution in [0.2, 0.25) is 0 Å². The second kappa shape index (κ2) is 8.27. The number of carbonyl (C=O) groups excluding carboxylic acids is 1. The number of nitrogens with zero attached hydrogens (tertiary/aromatic N) is 1. The maximum absolute atomic E-state index is 13.3. The average Bonchev–Trinajstić information content (AvgIpc) is 3.23. The number of amides is 1. The Balaban J connectivity index is 1.51. The molecule has 0 spiro atoms. The molecule has 2 N–H and O–H groups in total. The van der Waals surface area contributed by atoms with Gasteiger partial charge in [-0.1, -0.05) is 48.5 Å². The monoisotopic (exact) mass is 440 g/mol. The topological polar surface area (TPSA) is 104 Å². The molecule has 5 aromatic rings. The molecule has 0 unspecified atom stereocenters. The predicted octanol–water partition coefficient (Wildman–Crippen LogP) is 4.20. The number of rotatable bonds is 6. The highest BCUT2D eigenvalue weighted by atomic mass is 16.4. The van der Waals surface area contributed by atoms with Crippen LogP contribution in [-0.2, 0) is 11.2 Å². The number of para-hydroxylation sites is 1. The highest BCUT2D eigenvalue weighted by molar-refractivity contribution is 6.08. The Bertz CT molecular complexity index is 1580. The van der Waals surface area contributed by atoms with Crippen molar-refractivity contribution in [3.63, 3.8) is 0 Å². The number of carboxylic acids is 1. The van der Waals surface area contributed by atoms with Crippen molar-refractivity contribution in [1.82, 2.24) is 9.88 Å². The standard InChI is InChI=1S/C26H20N2O5/c29-24(30)15-28(12-11-17-14-27-22-8-4-3-7-19(17)22)25(31)21-13-20-18-6-2-1-5-16(18)9-10-23(20)33-26(21)32/h1-10,13-14,27H,11-12,15H2,(H,29,30). The largest absolute Gasteiger partial charge is 0.480 e. The second-order valence-electron chi connectivity index (χ2n) is 7.88. The zero-order valence-electron chi connectivity index (χ0n) is 17.6. The Hall–Kier alpha value is -4.39. The molecule has 2 aromatic heterocycles. The molecule has 0 saturated heterocycles. The number of hydrogen-bond donors (Lipinski definition) is 2. The van der Waals surface area contributed by atoms with Gasteiger partial charge in [0.15, 0.2) is 0 Å². The fourth-order valence-electron chi connectivity index (χ4n) is 4.20. The third kappa shape index (κ3) is 3.85. The number of fused-ring (bicyclic) bond motifs is 4. The van der Waals surface area contributed by atoms with Gasteiger partial charge in [0.1, 0.15) is 17.7 Å². The number of aromatic nitrogens is 1. The fourth-order valence-corrected chi connectivity index (χ4v) is 4.20. The van der Waals surface area contributed by atoms with Gasteiger partial charge in [0.2, 0.25) is 0 Å². The smallest absolute Gasteiger partial charge is 0.349 e. The van der Waals surface area contributed by atoms with Gasteiger partial charge in [-0.05, 0) is 41.0 Å². The minimum atomic E-state index is -1.15. The number of carbonyl (C=O) groups is 2. The zero-order chi connectivity index (χ0) is 22.9. The maximum atomic E-state index is 13.3. The van der Waals surface area contributed by atoms with Crippen LogP contribution in [0.15, 0.2) is 82.1 Å². The van der Waals surface area contributed by atoms with Gasteiger partial charge in [0.25, 0.3) is 5.91 Å². The quantitative estimate of drug-likeness (QED) is 0.304. The Morgan fingerprint density at radius 2 is 1.70 bits per heavy atom. The van der Waals surface area contributed by atoms with Crippen LogP contribution in [0.4, 0.5) is 0 Å². The highest BCUT2D eigenvalue weighted by Crippen LogP contribution is 2.25. The van der Waals surface area contributed by atoms with Crippen LogP contribution < -0.4 is 5.63 Å². The third-order valence-electron chi connectivity index (χ3n) is 5.81. The van der Waals surface area contributed by atoms with Crippen molar-refractivity contribution in [2.24, 2.45) is 0 Å². The van der Waals surface area contributed by atoms with Gasteiger partial charge >= 0.3 is 11.6 Å². The van der Waals surface area contributed by atoms with E-state index in [0.717, 1.165) is 27.2 Å². The van der Waals surface area contributed by atoms with E-state index < -0.39 is 24.0 Å². The second-order valence-corrected chi connectivity index (χ2v) is 7.88. The summed E-state index contributed by atoms with van der Waals surface area (Å²) in [5.41, 5.74) is 1.33. The highest BCUT2D eigenvalue weighted by Gasteiger charge is 2.23. The Morgan fingerprint density at radius 3 is 2.52 bits per heavy atom. The van der Waals surface area contributed by atoms with Gasteiger partial charge in [-0.3, -0.25) is 9.59 Å². The van der Waals surface area contributed by atoms with Crippen LogP contribution in [0, 0.1) is 0 Å². The van der Waals surface area contributed by atoms with Gasteiger partial charge in [-0.2, -0.15) is 0 Å². The molecular weight excluding hydrogens is 420 g/mol. The van der Waals surface area contributed by atoms with E-state index in [4.69, 9.17) is 4.42 Å². The van der Waals surface area contributed by atoms with Crippen molar-refractivity contribution < 1.29 is 19.1 Å². The number of aromatic amines is 1. The lowest BCUT2D eigenvalue weighted by Gasteiger charge is -2.20. The lowest BCUT2D eigenvalue weighted by molar-refractivity contribution is -0.137. The van der Waals surface area contributed by atoms with Gasteiger partial charge in [0, 0.05) is 29.0 Å². The number of carboxylic acid groups (broad SMARTS) is 1. The van der Waals surface area contributed by atoms with Crippen LogP contribution in [0.5, 0.6) is 0 Å². The molecule has 0 aliphatic carbocycles. The van der Waals surface area contributed by atoms with E-state index in [0.29, 0.717) is 17.4 Å². The summed E-state index contributed by atoms with van der Waals surface area (Å²) in [4.78, 5) is 41.8. The molecule has 0 fully saturated rings. The van der Waals surface area contributed by atoms with Crippen LogP contribution in [-0.4, -0.2) is 40.0 Å². The van der Waals surface area contributed by atoms with Crippen molar-refractivity contribution in [2.75, 3.05) is 13.1 Å². The van der Waals surface area contributed by atoms with Gasteiger partial charge in [-0.25, -0.2) is 4.79 Å². The van der Waals surface area contributed by atoms with Crippen LogP contribution in [0.25, 0.3) is 32.6 Å². The molecule has 5 rings (SSSR count). The Morgan fingerprint density at radius 1 is 0.939 bits per heavy atom.